The number of nitrogens with one attached hydrogen (secondary N) is 1. The van der Waals surface area contributed by atoms with Crippen molar-refractivity contribution in [1.29, 1.82) is 0 Å². The quantitative estimate of drug-likeness (QED) is 0.807. The first-order valence-electron chi connectivity index (χ1n) is 6.52. The van der Waals surface area contributed by atoms with Crippen LogP contribution in [0.2, 0.25) is 0 Å². The molecule has 1 N–H and O–H groups in total. The summed E-state index contributed by atoms with van der Waals surface area (Å²) in [6.45, 7) is 3.87. The molecule has 4 nitrogen and oxygen atoms in total. The number of benzene rings is 1. The Kier molecular flexibility index (Phi) is 4.58. The van der Waals surface area contributed by atoms with Gasteiger partial charge in [0.25, 0.3) is 0 Å². The van der Waals surface area contributed by atoms with E-state index in [1.165, 1.54) is 11.1 Å². The lowest BCUT2D eigenvalue weighted by atomic mass is 10.1. The normalized spacial score (nSPS) is 10.7. The van der Waals surface area contributed by atoms with Gasteiger partial charge in [-0.3, -0.25) is 4.68 Å². The molecule has 0 aliphatic rings. The lowest BCUT2D eigenvalue weighted by Crippen LogP contribution is -2.16. The second kappa shape index (κ2) is 6.38. The van der Waals surface area contributed by atoms with Crippen LogP contribution in [0.1, 0.15) is 16.8 Å². The maximum absolute atomic E-state index is 5.14. The van der Waals surface area contributed by atoms with Crippen LogP contribution in [0.4, 0.5) is 0 Å². The molecule has 0 spiro atoms. The van der Waals surface area contributed by atoms with Crippen LogP contribution in [-0.4, -0.2) is 23.4 Å². The average molecular weight is 259 g/mol. The predicted molar refractivity (Wildman–Crippen MR) is 76.3 cm³/mol. The zero-order chi connectivity index (χ0) is 13.7. The molecule has 0 bridgehead atoms. The molecular weight excluding hydrogens is 238 g/mol. The highest BCUT2D eigenvalue weighted by Gasteiger charge is 2.02. The van der Waals surface area contributed by atoms with Crippen molar-refractivity contribution in [3.63, 3.8) is 0 Å². The number of rotatable bonds is 6. The van der Waals surface area contributed by atoms with E-state index in [4.69, 9.17) is 4.74 Å². The zero-order valence-corrected chi connectivity index (χ0v) is 11.8. The van der Waals surface area contributed by atoms with Gasteiger partial charge in [-0.1, -0.05) is 12.1 Å². The molecule has 0 atom stereocenters. The Morgan fingerprint density at radius 2 is 2.00 bits per heavy atom. The average Bonchev–Trinajstić information content (AvgIpc) is 2.74. The van der Waals surface area contributed by atoms with Crippen molar-refractivity contribution in [2.75, 3.05) is 13.7 Å². The summed E-state index contributed by atoms with van der Waals surface area (Å²) in [7, 11) is 3.64. The van der Waals surface area contributed by atoms with Gasteiger partial charge in [-0.05, 0) is 37.6 Å². The van der Waals surface area contributed by atoms with Crippen LogP contribution < -0.4 is 10.1 Å². The van der Waals surface area contributed by atoms with Crippen molar-refractivity contribution in [2.24, 2.45) is 7.05 Å². The highest BCUT2D eigenvalue weighted by atomic mass is 16.5. The summed E-state index contributed by atoms with van der Waals surface area (Å²) < 4.78 is 7.00. The van der Waals surface area contributed by atoms with Crippen LogP contribution in [0.5, 0.6) is 5.75 Å². The smallest absolute Gasteiger partial charge is 0.118 e. The number of aryl methyl sites for hydroxylation is 2. The molecule has 2 rings (SSSR count). The van der Waals surface area contributed by atoms with Crippen molar-refractivity contribution >= 4 is 0 Å². The molecule has 19 heavy (non-hydrogen) atoms. The van der Waals surface area contributed by atoms with E-state index in [9.17, 15) is 0 Å². The molecule has 1 aromatic heterocycles. The Hall–Kier alpha value is -1.81. The van der Waals surface area contributed by atoms with Gasteiger partial charge in [-0.25, -0.2) is 0 Å². The largest absolute Gasteiger partial charge is 0.497 e. The van der Waals surface area contributed by atoms with Crippen molar-refractivity contribution in [3.05, 3.63) is 47.3 Å². The molecule has 0 radical (unpaired) electrons. The molecule has 0 saturated heterocycles. The Morgan fingerprint density at radius 1 is 1.26 bits per heavy atom. The minimum atomic E-state index is 0.871. The van der Waals surface area contributed by atoms with E-state index < -0.39 is 0 Å². The van der Waals surface area contributed by atoms with Gasteiger partial charge in [0, 0.05) is 25.4 Å². The maximum atomic E-state index is 5.14. The fourth-order valence-electron chi connectivity index (χ4n) is 2.07. The first kappa shape index (κ1) is 13.6. The molecule has 102 valence electrons. The molecule has 0 amide bonds. The van der Waals surface area contributed by atoms with Crippen LogP contribution in [-0.2, 0) is 20.0 Å². The Balaban J connectivity index is 1.75. The van der Waals surface area contributed by atoms with Crippen LogP contribution >= 0.6 is 0 Å². The van der Waals surface area contributed by atoms with Gasteiger partial charge in [0.1, 0.15) is 5.75 Å². The second-order valence-corrected chi connectivity index (χ2v) is 4.69. The summed E-state index contributed by atoms with van der Waals surface area (Å²) in [4.78, 5) is 0. The number of methoxy groups -OCH3 is 1. The number of hydrogen-bond donors (Lipinski definition) is 1. The lowest BCUT2D eigenvalue weighted by Gasteiger charge is -2.05. The lowest BCUT2D eigenvalue weighted by molar-refractivity contribution is 0.414. The molecule has 0 aliphatic carbocycles. The maximum Gasteiger partial charge on any atom is 0.118 e. The number of nitrogens with zero attached hydrogens (tertiary/aromatic N) is 2. The Bertz CT molecular complexity index is 517. The van der Waals surface area contributed by atoms with Crippen LogP contribution in [0.25, 0.3) is 0 Å². The van der Waals surface area contributed by atoms with E-state index in [2.05, 4.69) is 28.7 Å². The standard InChI is InChI=1S/C15H21N3O/c1-12-14(11-18(2)17-12)10-16-9-8-13-4-6-15(19-3)7-5-13/h4-7,11,16H,8-10H2,1-3H3. The molecule has 0 saturated carbocycles. The third-order valence-corrected chi connectivity index (χ3v) is 3.18. The first-order chi connectivity index (χ1) is 9.19. The molecule has 0 fully saturated rings. The molecule has 4 heteroatoms. The number of hydrogen-bond acceptors (Lipinski definition) is 3. The van der Waals surface area contributed by atoms with Crippen molar-refractivity contribution in [3.8, 4) is 5.75 Å². The summed E-state index contributed by atoms with van der Waals surface area (Å²) in [5, 5.41) is 7.78. The van der Waals surface area contributed by atoms with Crippen LogP contribution in [0.15, 0.2) is 30.5 Å². The topological polar surface area (TPSA) is 39.1 Å². The summed E-state index contributed by atoms with van der Waals surface area (Å²) in [6.07, 6.45) is 3.08. The van der Waals surface area contributed by atoms with Gasteiger partial charge in [0.15, 0.2) is 0 Å². The van der Waals surface area contributed by atoms with Gasteiger partial charge < -0.3 is 10.1 Å². The van der Waals surface area contributed by atoms with E-state index in [0.29, 0.717) is 0 Å². The highest BCUT2D eigenvalue weighted by molar-refractivity contribution is 5.27. The number of aromatic nitrogens is 2. The molecular formula is C15H21N3O. The summed E-state index contributed by atoms with van der Waals surface area (Å²) >= 11 is 0. The molecule has 0 aliphatic heterocycles. The third kappa shape index (κ3) is 3.83. The first-order valence-corrected chi connectivity index (χ1v) is 6.52. The fourth-order valence-corrected chi connectivity index (χ4v) is 2.07. The molecule has 0 unspecified atom stereocenters. The molecule has 2 aromatic rings. The van der Waals surface area contributed by atoms with E-state index in [-0.39, 0.29) is 0 Å². The molecule has 1 aromatic carbocycles. The minimum absolute atomic E-state index is 0.871. The summed E-state index contributed by atoms with van der Waals surface area (Å²) in [5.74, 6) is 0.905. The van der Waals surface area contributed by atoms with Gasteiger partial charge in [-0.2, -0.15) is 5.10 Å². The molecule has 1 heterocycles. The van der Waals surface area contributed by atoms with Crippen LogP contribution in [0.3, 0.4) is 0 Å². The van der Waals surface area contributed by atoms with Gasteiger partial charge in [-0.15, -0.1) is 0 Å². The van der Waals surface area contributed by atoms with Gasteiger partial charge in [0.05, 0.1) is 12.8 Å². The third-order valence-electron chi connectivity index (χ3n) is 3.18. The van der Waals surface area contributed by atoms with E-state index >= 15 is 0 Å². The van der Waals surface area contributed by atoms with Gasteiger partial charge >= 0.3 is 0 Å². The summed E-state index contributed by atoms with van der Waals surface area (Å²) in [6, 6.07) is 8.22. The minimum Gasteiger partial charge on any atom is -0.497 e. The number of ether oxygens (including phenoxy) is 1. The van der Waals surface area contributed by atoms with Crippen molar-refractivity contribution < 1.29 is 4.74 Å². The Labute approximate surface area is 114 Å². The van der Waals surface area contributed by atoms with E-state index in [1.807, 2.05) is 30.8 Å². The second-order valence-electron chi connectivity index (χ2n) is 4.69. The van der Waals surface area contributed by atoms with Gasteiger partial charge in [0.2, 0.25) is 0 Å². The van der Waals surface area contributed by atoms with Crippen LogP contribution in [0, 0.1) is 6.92 Å². The zero-order valence-electron chi connectivity index (χ0n) is 11.8. The highest BCUT2D eigenvalue weighted by Crippen LogP contribution is 2.11. The fraction of sp³-hybridized carbons (Fsp3) is 0.400. The van der Waals surface area contributed by atoms with Crippen molar-refractivity contribution in [2.45, 2.75) is 19.9 Å². The Morgan fingerprint density at radius 3 is 2.58 bits per heavy atom. The summed E-state index contributed by atoms with van der Waals surface area (Å²) in [5.41, 5.74) is 3.67. The van der Waals surface area contributed by atoms with Crippen molar-refractivity contribution in [1.82, 2.24) is 15.1 Å². The SMILES string of the molecule is COc1ccc(CCNCc2cn(C)nc2C)cc1. The monoisotopic (exact) mass is 259 g/mol. The van der Waals surface area contributed by atoms with E-state index in [0.717, 1.165) is 31.0 Å². The van der Waals surface area contributed by atoms with E-state index in [1.54, 1.807) is 7.11 Å². The predicted octanol–water partition coefficient (Wildman–Crippen LogP) is 2.07.